The van der Waals surface area contributed by atoms with Crippen LogP contribution in [0, 0.1) is 6.92 Å². The van der Waals surface area contributed by atoms with Crippen molar-refractivity contribution in [3.8, 4) is 5.75 Å². The summed E-state index contributed by atoms with van der Waals surface area (Å²) in [6, 6.07) is 14.5. The molecule has 0 N–H and O–H groups in total. The molecule has 0 saturated heterocycles. The van der Waals surface area contributed by atoms with Crippen molar-refractivity contribution in [3.05, 3.63) is 70.9 Å². The lowest BCUT2D eigenvalue weighted by atomic mass is 10.1. The molecular formula is C20H17NO5. The van der Waals surface area contributed by atoms with Crippen LogP contribution in [-0.4, -0.2) is 31.6 Å². The van der Waals surface area contributed by atoms with E-state index in [0.717, 1.165) is 11.1 Å². The molecule has 132 valence electrons. The van der Waals surface area contributed by atoms with Gasteiger partial charge in [-0.3, -0.25) is 0 Å². The van der Waals surface area contributed by atoms with Gasteiger partial charge in [-0.25, -0.2) is 14.6 Å². The van der Waals surface area contributed by atoms with E-state index < -0.39 is 11.9 Å². The second-order valence-electron chi connectivity index (χ2n) is 5.59. The molecule has 0 unspecified atom stereocenters. The van der Waals surface area contributed by atoms with Crippen LogP contribution in [0.4, 0.5) is 0 Å². The Morgan fingerprint density at radius 1 is 1.19 bits per heavy atom. The zero-order valence-electron chi connectivity index (χ0n) is 14.4. The number of aliphatic imine (C=N–C) groups is 1. The molecular weight excluding hydrogens is 334 g/mol. The smallest absolute Gasteiger partial charge is 0.363 e. The zero-order valence-corrected chi connectivity index (χ0v) is 14.4. The fourth-order valence-electron chi connectivity index (χ4n) is 2.39. The number of carbonyl (C=O) groups excluding carboxylic acids is 2. The number of cyclic esters (lactones) is 1. The normalized spacial score (nSPS) is 14.8. The van der Waals surface area contributed by atoms with Crippen molar-refractivity contribution in [1.29, 1.82) is 0 Å². The Labute approximate surface area is 150 Å². The lowest BCUT2D eigenvalue weighted by Gasteiger charge is -2.05. The van der Waals surface area contributed by atoms with E-state index in [4.69, 9.17) is 9.47 Å². The van der Waals surface area contributed by atoms with Gasteiger partial charge in [0.15, 0.2) is 12.3 Å². The quantitative estimate of drug-likeness (QED) is 0.612. The summed E-state index contributed by atoms with van der Waals surface area (Å²) in [5, 5.41) is 0. The van der Waals surface area contributed by atoms with Gasteiger partial charge in [-0.2, -0.15) is 0 Å². The van der Waals surface area contributed by atoms with Gasteiger partial charge in [-0.1, -0.05) is 30.3 Å². The standard InChI is InChI=1S/C20H17NO5/c1-13-6-3-4-9-16(13)19-21-17(20(23)26-19)11-14-7-5-8-15(10-14)25-12-18(22)24-2/h3-11H,12H2,1-2H3/b17-11-. The molecule has 6 nitrogen and oxygen atoms in total. The molecule has 0 bridgehead atoms. The van der Waals surface area contributed by atoms with E-state index in [1.54, 1.807) is 30.3 Å². The molecule has 0 fully saturated rings. The third-order valence-corrected chi connectivity index (χ3v) is 3.74. The monoisotopic (exact) mass is 351 g/mol. The molecule has 0 aliphatic carbocycles. The van der Waals surface area contributed by atoms with Crippen molar-refractivity contribution in [3.63, 3.8) is 0 Å². The number of carbonyl (C=O) groups is 2. The van der Waals surface area contributed by atoms with E-state index in [-0.39, 0.29) is 18.2 Å². The Kier molecular flexibility index (Phi) is 5.12. The lowest BCUT2D eigenvalue weighted by molar-refractivity contribution is -0.142. The molecule has 0 amide bonds. The van der Waals surface area contributed by atoms with Crippen LogP contribution in [0.15, 0.2) is 59.2 Å². The van der Waals surface area contributed by atoms with Gasteiger partial charge in [-0.15, -0.1) is 0 Å². The molecule has 1 heterocycles. The highest BCUT2D eigenvalue weighted by molar-refractivity contribution is 6.13. The highest BCUT2D eigenvalue weighted by Crippen LogP contribution is 2.22. The number of aryl methyl sites for hydroxylation is 1. The first-order chi connectivity index (χ1) is 12.6. The zero-order chi connectivity index (χ0) is 18.5. The maximum absolute atomic E-state index is 12.1. The van der Waals surface area contributed by atoms with Gasteiger partial charge in [0, 0.05) is 5.56 Å². The Morgan fingerprint density at radius 2 is 2.00 bits per heavy atom. The summed E-state index contributed by atoms with van der Waals surface area (Å²) in [7, 11) is 1.29. The Morgan fingerprint density at radius 3 is 2.77 bits per heavy atom. The van der Waals surface area contributed by atoms with Crippen LogP contribution in [0.2, 0.25) is 0 Å². The maximum atomic E-state index is 12.1. The SMILES string of the molecule is COC(=O)COc1cccc(/C=C2\N=C(c3ccccc3C)OC2=O)c1. The number of benzene rings is 2. The van der Waals surface area contributed by atoms with Gasteiger partial charge in [0.05, 0.1) is 7.11 Å². The van der Waals surface area contributed by atoms with Gasteiger partial charge >= 0.3 is 11.9 Å². The number of esters is 2. The van der Waals surface area contributed by atoms with Crippen LogP contribution < -0.4 is 4.74 Å². The van der Waals surface area contributed by atoms with Gasteiger partial charge < -0.3 is 14.2 Å². The minimum Gasteiger partial charge on any atom is -0.482 e. The first-order valence-electron chi connectivity index (χ1n) is 7.95. The second kappa shape index (κ2) is 7.65. The largest absolute Gasteiger partial charge is 0.482 e. The van der Waals surface area contributed by atoms with Crippen LogP contribution in [0.1, 0.15) is 16.7 Å². The van der Waals surface area contributed by atoms with Gasteiger partial charge in [0.25, 0.3) is 0 Å². The summed E-state index contributed by atoms with van der Waals surface area (Å²) in [5.41, 5.74) is 2.65. The minimum atomic E-state index is -0.510. The van der Waals surface area contributed by atoms with Crippen LogP contribution in [0.3, 0.4) is 0 Å². The molecule has 0 aromatic heterocycles. The fourth-order valence-corrected chi connectivity index (χ4v) is 2.39. The molecule has 0 saturated carbocycles. The second-order valence-corrected chi connectivity index (χ2v) is 5.59. The predicted molar refractivity (Wildman–Crippen MR) is 95.7 cm³/mol. The van der Waals surface area contributed by atoms with Crippen molar-refractivity contribution in [1.82, 2.24) is 0 Å². The summed E-state index contributed by atoms with van der Waals surface area (Å²) in [6.45, 7) is 1.74. The lowest BCUT2D eigenvalue weighted by Crippen LogP contribution is -2.12. The molecule has 1 aliphatic rings. The number of hydrogen-bond donors (Lipinski definition) is 0. The highest BCUT2D eigenvalue weighted by Gasteiger charge is 2.24. The Balaban J connectivity index is 1.82. The number of nitrogens with zero attached hydrogens (tertiary/aromatic N) is 1. The maximum Gasteiger partial charge on any atom is 0.363 e. The van der Waals surface area contributed by atoms with Crippen molar-refractivity contribution in [2.75, 3.05) is 13.7 Å². The number of ether oxygens (including phenoxy) is 3. The third kappa shape index (κ3) is 3.97. The fraction of sp³-hybridized carbons (Fsp3) is 0.150. The number of rotatable bonds is 5. The Bertz CT molecular complexity index is 914. The van der Waals surface area contributed by atoms with E-state index in [9.17, 15) is 9.59 Å². The molecule has 2 aromatic rings. The molecule has 1 aliphatic heterocycles. The molecule has 6 heteroatoms. The van der Waals surface area contributed by atoms with E-state index in [1.165, 1.54) is 7.11 Å². The number of methoxy groups -OCH3 is 1. The van der Waals surface area contributed by atoms with Crippen molar-refractivity contribution < 1.29 is 23.8 Å². The topological polar surface area (TPSA) is 74.2 Å². The van der Waals surface area contributed by atoms with Gasteiger partial charge in [0.2, 0.25) is 5.90 Å². The van der Waals surface area contributed by atoms with Crippen LogP contribution in [0.5, 0.6) is 5.75 Å². The van der Waals surface area contributed by atoms with Crippen molar-refractivity contribution in [2.24, 2.45) is 4.99 Å². The molecule has 0 atom stereocenters. The molecule has 0 radical (unpaired) electrons. The van der Waals surface area contributed by atoms with Crippen LogP contribution in [-0.2, 0) is 19.1 Å². The summed E-state index contributed by atoms with van der Waals surface area (Å²) in [6.07, 6.45) is 1.61. The molecule has 2 aromatic carbocycles. The first kappa shape index (κ1) is 17.4. The van der Waals surface area contributed by atoms with Crippen molar-refractivity contribution in [2.45, 2.75) is 6.92 Å². The molecule has 3 rings (SSSR count). The molecule has 0 spiro atoms. The highest BCUT2D eigenvalue weighted by atomic mass is 16.6. The van der Waals surface area contributed by atoms with E-state index in [1.807, 2.05) is 31.2 Å². The van der Waals surface area contributed by atoms with Crippen molar-refractivity contribution >= 4 is 23.9 Å². The summed E-state index contributed by atoms with van der Waals surface area (Å²) < 4.78 is 15.2. The minimum absolute atomic E-state index is 0.186. The molecule has 26 heavy (non-hydrogen) atoms. The van der Waals surface area contributed by atoms with Crippen LogP contribution >= 0.6 is 0 Å². The summed E-state index contributed by atoms with van der Waals surface area (Å²) >= 11 is 0. The van der Waals surface area contributed by atoms with Gasteiger partial charge in [-0.05, 0) is 42.3 Å². The van der Waals surface area contributed by atoms with Gasteiger partial charge in [0.1, 0.15) is 5.75 Å². The average molecular weight is 351 g/mol. The van der Waals surface area contributed by atoms with E-state index in [0.29, 0.717) is 11.3 Å². The first-order valence-corrected chi connectivity index (χ1v) is 7.95. The van der Waals surface area contributed by atoms with E-state index in [2.05, 4.69) is 9.73 Å². The number of hydrogen-bond acceptors (Lipinski definition) is 6. The summed E-state index contributed by atoms with van der Waals surface area (Å²) in [5.74, 6) is -0.207. The summed E-state index contributed by atoms with van der Waals surface area (Å²) in [4.78, 5) is 27.6. The Hall–Kier alpha value is -3.41. The van der Waals surface area contributed by atoms with E-state index >= 15 is 0 Å². The third-order valence-electron chi connectivity index (χ3n) is 3.74. The predicted octanol–water partition coefficient (Wildman–Crippen LogP) is 2.89. The average Bonchev–Trinajstić information content (AvgIpc) is 3.00. The van der Waals surface area contributed by atoms with Crippen LogP contribution in [0.25, 0.3) is 6.08 Å².